The van der Waals surface area contributed by atoms with Gasteiger partial charge in [-0.05, 0) is 68.0 Å². The largest absolute Gasteiger partial charge is 0.326 e. The highest BCUT2D eigenvalue weighted by molar-refractivity contribution is 7.22. The van der Waals surface area contributed by atoms with Crippen LogP contribution in [0.1, 0.15) is 56.9 Å². The Bertz CT molecular complexity index is 1460. The predicted molar refractivity (Wildman–Crippen MR) is 153 cm³/mol. The quantitative estimate of drug-likeness (QED) is 0.264. The number of carbonyl (C=O) groups excluding carboxylic acids is 2. The zero-order chi connectivity index (χ0) is 25.9. The molecule has 0 saturated heterocycles. The fourth-order valence-corrected chi connectivity index (χ4v) is 6.78. The van der Waals surface area contributed by atoms with Crippen LogP contribution in [-0.2, 0) is 16.1 Å². The number of hydrogen-bond acceptors (Lipinski definition) is 6. The van der Waals surface area contributed by atoms with Crippen molar-refractivity contribution in [1.29, 1.82) is 0 Å². The predicted octanol–water partition coefficient (Wildman–Crippen LogP) is 6.26. The van der Waals surface area contributed by atoms with Crippen molar-refractivity contribution in [2.45, 2.75) is 64.0 Å². The van der Waals surface area contributed by atoms with Crippen LogP contribution in [0.5, 0.6) is 0 Å². The molecule has 0 aliphatic heterocycles. The van der Waals surface area contributed by atoms with E-state index in [1.54, 1.807) is 0 Å². The second-order valence-electron chi connectivity index (χ2n) is 10.6. The lowest BCUT2D eigenvalue weighted by atomic mass is 9.85. The van der Waals surface area contributed by atoms with E-state index in [4.69, 9.17) is 0 Å². The average molecular weight is 528 g/mol. The number of hydrogen-bond donors (Lipinski definition) is 3. The summed E-state index contributed by atoms with van der Waals surface area (Å²) >= 11 is 1.46. The van der Waals surface area contributed by atoms with E-state index in [1.807, 2.05) is 42.6 Å². The highest BCUT2D eigenvalue weighted by atomic mass is 32.1. The Morgan fingerprint density at radius 2 is 1.68 bits per heavy atom. The molecule has 0 radical (unpaired) electrons. The maximum atomic E-state index is 13.2. The van der Waals surface area contributed by atoms with E-state index >= 15 is 0 Å². The van der Waals surface area contributed by atoms with E-state index < -0.39 is 0 Å². The third-order valence-corrected chi connectivity index (χ3v) is 8.91. The number of benzene rings is 2. The number of para-hydroxylation sites is 1. The zero-order valence-corrected chi connectivity index (χ0v) is 22.2. The van der Waals surface area contributed by atoms with Gasteiger partial charge in [-0.15, -0.1) is 0 Å². The van der Waals surface area contributed by atoms with Gasteiger partial charge in [0.15, 0.2) is 5.13 Å². The average Bonchev–Trinajstić information content (AvgIpc) is 3.62. The van der Waals surface area contributed by atoms with Crippen LogP contribution in [0, 0.1) is 11.8 Å². The third kappa shape index (κ3) is 5.56. The molecule has 6 rings (SSSR count). The molecule has 4 aromatic rings. The molecule has 0 bridgehead atoms. The van der Waals surface area contributed by atoms with Gasteiger partial charge in [0.2, 0.25) is 11.8 Å². The molecule has 2 aliphatic rings. The smallest absolute Gasteiger partial charge is 0.229 e. The molecule has 0 spiro atoms. The summed E-state index contributed by atoms with van der Waals surface area (Å²) in [5.74, 6) is 0.237. The summed E-state index contributed by atoms with van der Waals surface area (Å²) < 4.78 is 0.956. The topological polar surface area (TPSA) is 96.0 Å². The fourth-order valence-electron chi connectivity index (χ4n) is 5.87. The van der Waals surface area contributed by atoms with Gasteiger partial charge in [0.1, 0.15) is 0 Å². The first-order valence-corrected chi connectivity index (χ1v) is 14.5. The van der Waals surface area contributed by atoms with Gasteiger partial charge in [-0.3, -0.25) is 14.6 Å². The molecule has 2 aromatic carbocycles. The Balaban J connectivity index is 1.05. The minimum Gasteiger partial charge on any atom is -0.326 e. The van der Waals surface area contributed by atoms with Crippen molar-refractivity contribution in [3.63, 3.8) is 0 Å². The second kappa shape index (κ2) is 11.2. The summed E-state index contributed by atoms with van der Waals surface area (Å²) in [7, 11) is 0. The number of anilines is 2. The van der Waals surface area contributed by atoms with Gasteiger partial charge in [0.25, 0.3) is 0 Å². The van der Waals surface area contributed by atoms with Crippen molar-refractivity contribution < 1.29 is 9.59 Å². The third-order valence-electron chi connectivity index (χ3n) is 7.98. The molecule has 2 atom stereocenters. The molecular weight excluding hydrogens is 494 g/mol. The van der Waals surface area contributed by atoms with E-state index in [9.17, 15) is 9.59 Å². The summed E-state index contributed by atoms with van der Waals surface area (Å²) in [6, 6.07) is 16.4. The van der Waals surface area contributed by atoms with Crippen LogP contribution in [0.25, 0.3) is 21.1 Å². The number of rotatable bonds is 7. The summed E-state index contributed by atoms with van der Waals surface area (Å²) in [6.07, 6.45) is 9.89. The first-order chi connectivity index (χ1) is 18.6. The zero-order valence-electron chi connectivity index (χ0n) is 21.4. The first kappa shape index (κ1) is 24.9. The molecule has 196 valence electrons. The van der Waals surface area contributed by atoms with Gasteiger partial charge in [-0.2, -0.15) is 0 Å². The van der Waals surface area contributed by atoms with Crippen molar-refractivity contribution in [1.82, 2.24) is 15.3 Å². The van der Waals surface area contributed by atoms with E-state index in [1.165, 1.54) is 22.3 Å². The minimum absolute atomic E-state index is 0.0196. The Hall–Kier alpha value is -3.36. The van der Waals surface area contributed by atoms with E-state index in [0.29, 0.717) is 11.2 Å². The van der Waals surface area contributed by atoms with Crippen LogP contribution in [-0.4, -0.2) is 27.8 Å². The maximum absolute atomic E-state index is 13.2. The van der Waals surface area contributed by atoms with Gasteiger partial charge in [-0.1, -0.05) is 48.8 Å². The van der Waals surface area contributed by atoms with Gasteiger partial charge >= 0.3 is 0 Å². The summed E-state index contributed by atoms with van der Waals surface area (Å²) in [5, 5.41) is 11.6. The number of nitrogens with zero attached hydrogens (tertiary/aromatic N) is 2. The van der Waals surface area contributed by atoms with Gasteiger partial charge in [-0.25, -0.2) is 4.98 Å². The van der Waals surface area contributed by atoms with Crippen molar-refractivity contribution in [2.24, 2.45) is 11.8 Å². The van der Waals surface area contributed by atoms with Crippen molar-refractivity contribution in [3.8, 4) is 0 Å². The Morgan fingerprint density at radius 1 is 0.868 bits per heavy atom. The standard InChI is InChI=1S/C30H33N5O2S/c36-28(19-6-1-2-7-19)35-30-34-26-13-12-23(17-27(26)38-30)33-29(37)20-8-5-9-22(16-20)32-18-21-14-15-31-25-11-4-3-10-24(21)25/h3-4,10-15,17,19-20,22,32H,1-2,5-9,16,18H2,(H,33,37)(H,34,35,36)/t20-,22+/m1/s1. The normalized spacial score (nSPS) is 20.1. The SMILES string of the molecule is O=C(Nc1nc2ccc(NC(=O)[C@@H]3CCC[C@H](NCc4ccnc5ccccc45)C3)cc2s1)C1CCCC1. The molecule has 2 aromatic heterocycles. The van der Waals surface area contributed by atoms with Crippen LogP contribution in [0.15, 0.2) is 54.7 Å². The number of carbonyl (C=O) groups is 2. The summed E-state index contributed by atoms with van der Waals surface area (Å²) in [4.78, 5) is 34.7. The van der Waals surface area contributed by atoms with E-state index in [-0.39, 0.29) is 23.7 Å². The summed E-state index contributed by atoms with van der Waals surface area (Å²) in [5.41, 5.74) is 3.85. The second-order valence-corrected chi connectivity index (χ2v) is 11.6. The lowest BCUT2D eigenvalue weighted by molar-refractivity contribution is -0.121. The van der Waals surface area contributed by atoms with Crippen molar-refractivity contribution in [3.05, 3.63) is 60.3 Å². The Kier molecular flexibility index (Phi) is 7.33. The molecule has 0 unspecified atom stereocenters. The highest BCUT2D eigenvalue weighted by Crippen LogP contribution is 2.32. The Morgan fingerprint density at radius 3 is 2.58 bits per heavy atom. The molecule has 2 aliphatic carbocycles. The molecular formula is C30H33N5O2S. The van der Waals surface area contributed by atoms with Crippen LogP contribution in [0.2, 0.25) is 0 Å². The summed E-state index contributed by atoms with van der Waals surface area (Å²) in [6.45, 7) is 0.768. The fraction of sp³-hybridized carbons (Fsp3) is 0.400. The number of nitrogens with one attached hydrogen (secondary N) is 3. The molecule has 3 N–H and O–H groups in total. The molecule has 2 fully saturated rings. The number of aromatic nitrogens is 2. The molecule has 7 nitrogen and oxygen atoms in total. The van der Waals surface area contributed by atoms with Crippen molar-refractivity contribution >= 4 is 55.1 Å². The monoisotopic (exact) mass is 527 g/mol. The van der Waals surface area contributed by atoms with E-state index in [2.05, 4.69) is 38.1 Å². The highest BCUT2D eigenvalue weighted by Gasteiger charge is 2.27. The lowest BCUT2D eigenvalue weighted by Gasteiger charge is -2.29. The minimum atomic E-state index is -0.0196. The van der Waals surface area contributed by atoms with Gasteiger partial charge in [0.05, 0.1) is 15.7 Å². The molecule has 38 heavy (non-hydrogen) atoms. The van der Waals surface area contributed by atoms with Crippen LogP contribution >= 0.6 is 11.3 Å². The van der Waals surface area contributed by atoms with Crippen LogP contribution in [0.3, 0.4) is 0 Å². The number of pyridine rings is 1. The van der Waals surface area contributed by atoms with Crippen LogP contribution < -0.4 is 16.0 Å². The van der Waals surface area contributed by atoms with Gasteiger partial charge < -0.3 is 16.0 Å². The molecule has 8 heteroatoms. The number of thiazole rings is 1. The molecule has 2 amide bonds. The lowest BCUT2D eigenvalue weighted by Crippen LogP contribution is -2.37. The van der Waals surface area contributed by atoms with Gasteiger partial charge in [0, 0.05) is 41.7 Å². The first-order valence-electron chi connectivity index (χ1n) is 13.7. The van der Waals surface area contributed by atoms with Crippen LogP contribution in [0.4, 0.5) is 10.8 Å². The number of amides is 2. The van der Waals surface area contributed by atoms with Crippen molar-refractivity contribution in [2.75, 3.05) is 10.6 Å². The molecule has 2 saturated carbocycles. The Labute approximate surface area is 226 Å². The van der Waals surface area contributed by atoms with E-state index in [0.717, 1.165) is 79.3 Å². The molecule has 2 heterocycles. The maximum Gasteiger partial charge on any atom is 0.229 e. The number of fused-ring (bicyclic) bond motifs is 2.